The fraction of sp³-hybridized carbons (Fsp3) is 0.667. The van der Waals surface area contributed by atoms with Crippen molar-refractivity contribution in [1.29, 1.82) is 0 Å². The maximum atomic E-state index is 11.7. The van der Waals surface area contributed by atoms with Crippen LogP contribution in [-0.2, 0) is 11.3 Å². The number of rotatable bonds is 5. The average Bonchev–Trinajstić information content (AvgIpc) is 2.61. The first-order valence-electron chi connectivity index (χ1n) is 6.14. The van der Waals surface area contributed by atoms with Crippen LogP contribution in [0.3, 0.4) is 0 Å². The predicted molar refractivity (Wildman–Crippen MR) is 65.7 cm³/mol. The standard InChI is InChI=1S/C12H20N4O/c1-9(2)3-15-12(17)7-16-8-14-6-11(16)10-4-13-5-10/h6,8-10,13H,3-5,7H2,1-2H3,(H,15,17). The molecule has 0 saturated carbocycles. The Bertz CT molecular complexity index is 382. The van der Waals surface area contributed by atoms with Gasteiger partial charge < -0.3 is 15.2 Å². The van der Waals surface area contributed by atoms with Gasteiger partial charge in [0.15, 0.2) is 0 Å². The van der Waals surface area contributed by atoms with E-state index in [1.54, 1.807) is 6.33 Å². The van der Waals surface area contributed by atoms with Crippen LogP contribution in [-0.4, -0.2) is 35.1 Å². The van der Waals surface area contributed by atoms with E-state index >= 15 is 0 Å². The molecule has 0 aliphatic carbocycles. The Hall–Kier alpha value is -1.36. The van der Waals surface area contributed by atoms with Crippen LogP contribution >= 0.6 is 0 Å². The molecule has 5 heteroatoms. The Kier molecular flexibility index (Phi) is 3.78. The number of amides is 1. The van der Waals surface area contributed by atoms with Crippen molar-refractivity contribution in [3.63, 3.8) is 0 Å². The summed E-state index contributed by atoms with van der Waals surface area (Å²) in [5.74, 6) is 1.05. The van der Waals surface area contributed by atoms with Crippen LogP contribution in [0, 0.1) is 5.92 Å². The minimum Gasteiger partial charge on any atom is -0.354 e. The zero-order valence-corrected chi connectivity index (χ0v) is 10.4. The van der Waals surface area contributed by atoms with Crippen LogP contribution in [0.2, 0.25) is 0 Å². The molecular weight excluding hydrogens is 216 g/mol. The van der Waals surface area contributed by atoms with Gasteiger partial charge in [0, 0.05) is 37.4 Å². The molecule has 0 radical (unpaired) electrons. The van der Waals surface area contributed by atoms with Gasteiger partial charge in [0.2, 0.25) is 5.91 Å². The molecule has 1 aliphatic rings. The second-order valence-corrected chi connectivity index (χ2v) is 5.00. The topological polar surface area (TPSA) is 59.0 Å². The van der Waals surface area contributed by atoms with E-state index in [9.17, 15) is 4.79 Å². The monoisotopic (exact) mass is 236 g/mol. The molecule has 1 saturated heterocycles. The molecule has 1 aliphatic heterocycles. The molecule has 1 fully saturated rings. The smallest absolute Gasteiger partial charge is 0.239 e. The molecule has 17 heavy (non-hydrogen) atoms. The lowest BCUT2D eigenvalue weighted by Crippen LogP contribution is -2.41. The van der Waals surface area contributed by atoms with Gasteiger partial charge in [-0.15, -0.1) is 0 Å². The highest BCUT2D eigenvalue weighted by Gasteiger charge is 2.22. The van der Waals surface area contributed by atoms with Crippen LogP contribution in [0.4, 0.5) is 0 Å². The molecule has 0 spiro atoms. The third-order valence-corrected chi connectivity index (χ3v) is 2.97. The zero-order chi connectivity index (χ0) is 12.3. The Labute approximate surface area is 102 Å². The van der Waals surface area contributed by atoms with Crippen molar-refractivity contribution in [3.05, 3.63) is 18.2 Å². The number of carbonyl (C=O) groups is 1. The lowest BCUT2D eigenvalue weighted by atomic mass is 10.00. The van der Waals surface area contributed by atoms with Crippen molar-refractivity contribution in [2.45, 2.75) is 26.3 Å². The molecule has 1 aromatic rings. The van der Waals surface area contributed by atoms with Crippen molar-refractivity contribution in [3.8, 4) is 0 Å². The van der Waals surface area contributed by atoms with Crippen LogP contribution < -0.4 is 10.6 Å². The van der Waals surface area contributed by atoms with Crippen LogP contribution in [0.1, 0.15) is 25.5 Å². The number of nitrogens with zero attached hydrogens (tertiary/aromatic N) is 2. The Morgan fingerprint density at radius 2 is 2.41 bits per heavy atom. The van der Waals surface area contributed by atoms with Gasteiger partial charge in [-0.1, -0.05) is 13.8 Å². The normalized spacial score (nSPS) is 15.9. The summed E-state index contributed by atoms with van der Waals surface area (Å²) in [5, 5.41) is 6.15. The summed E-state index contributed by atoms with van der Waals surface area (Å²) in [6, 6.07) is 0. The minimum absolute atomic E-state index is 0.0604. The summed E-state index contributed by atoms with van der Waals surface area (Å²) in [6.45, 7) is 7.25. The van der Waals surface area contributed by atoms with Crippen molar-refractivity contribution in [2.75, 3.05) is 19.6 Å². The average molecular weight is 236 g/mol. The largest absolute Gasteiger partial charge is 0.354 e. The lowest BCUT2D eigenvalue weighted by Gasteiger charge is -2.27. The third kappa shape index (κ3) is 3.06. The zero-order valence-electron chi connectivity index (χ0n) is 10.4. The first-order valence-corrected chi connectivity index (χ1v) is 6.14. The molecule has 0 atom stereocenters. The van der Waals surface area contributed by atoms with Gasteiger partial charge in [-0.25, -0.2) is 4.98 Å². The van der Waals surface area contributed by atoms with Crippen LogP contribution in [0.15, 0.2) is 12.5 Å². The van der Waals surface area contributed by atoms with Gasteiger partial charge in [0.1, 0.15) is 6.54 Å². The predicted octanol–water partition coefficient (Wildman–Crippen LogP) is 0.342. The van der Waals surface area contributed by atoms with Gasteiger partial charge >= 0.3 is 0 Å². The van der Waals surface area contributed by atoms with Gasteiger partial charge in [-0.2, -0.15) is 0 Å². The molecule has 0 bridgehead atoms. The first-order chi connectivity index (χ1) is 8.16. The van der Waals surface area contributed by atoms with Gasteiger partial charge in [0.05, 0.1) is 6.33 Å². The van der Waals surface area contributed by atoms with Crippen molar-refractivity contribution >= 4 is 5.91 Å². The maximum absolute atomic E-state index is 11.7. The summed E-state index contributed by atoms with van der Waals surface area (Å²) >= 11 is 0. The highest BCUT2D eigenvalue weighted by Crippen LogP contribution is 2.18. The summed E-state index contributed by atoms with van der Waals surface area (Å²) < 4.78 is 1.95. The summed E-state index contributed by atoms with van der Waals surface area (Å²) in [4.78, 5) is 15.8. The van der Waals surface area contributed by atoms with E-state index in [-0.39, 0.29) is 5.91 Å². The summed E-state index contributed by atoms with van der Waals surface area (Å²) in [5.41, 5.74) is 1.16. The molecule has 2 heterocycles. The van der Waals surface area contributed by atoms with E-state index < -0.39 is 0 Å². The highest BCUT2D eigenvalue weighted by atomic mass is 16.1. The first kappa shape index (κ1) is 12.1. The van der Waals surface area contributed by atoms with Gasteiger partial charge in [0.25, 0.3) is 0 Å². The fourth-order valence-electron chi connectivity index (χ4n) is 1.83. The maximum Gasteiger partial charge on any atom is 0.239 e. The molecule has 1 aromatic heterocycles. The second kappa shape index (κ2) is 5.31. The molecule has 2 N–H and O–H groups in total. The lowest BCUT2D eigenvalue weighted by molar-refractivity contribution is -0.121. The second-order valence-electron chi connectivity index (χ2n) is 5.00. The SMILES string of the molecule is CC(C)CNC(=O)Cn1cncc1C1CNC1. The molecule has 2 rings (SSSR count). The molecule has 0 aromatic carbocycles. The Morgan fingerprint density at radius 1 is 1.65 bits per heavy atom. The quantitative estimate of drug-likeness (QED) is 0.775. The van der Waals surface area contributed by atoms with E-state index in [0.29, 0.717) is 18.4 Å². The number of hydrogen-bond acceptors (Lipinski definition) is 3. The van der Waals surface area contributed by atoms with Gasteiger partial charge in [-0.3, -0.25) is 4.79 Å². The van der Waals surface area contributed by atoms with Crippen LogP contribution in [0.25, 0.3) is 0 Å². The molecule has 0 unspecified atom stereocenters. The third-order valence-electron chi connectivity index (χ3n) is 2.97. The number of carbonyl (C=O) groups excluding carboxylic acids is 1. The van der Waals surface area contributed by atoms with Crippen LogP contribution in [0.5, 0.6) is 0 Å². The molecule has 94 valence electrons. The van der Waals surface area contributed by atoms with Gasteiger partial charge in [-0.05, 0) is 5.92 Å². The fourth-order valence-corrected chi connectivity index (χ4v) is 1.83. The van der Waals surface area contributed by atoms with Crippen molar-refractivity contribution in [1.82, 2.24) is 20.2 Å². The Balaban J connectivity index is 1.89. The number of hydrogen-bond donors (Lipinski definition) is 2. The molecule has 1 amide bonds. The van der Waals surface area contributed by atoms with E-state index in [1.807, 2.05) is 10.8 Å². The molecule has 5 nitrogen and oxygen atoms in total. The Morgan fingerprint density at radius 3 is 3.00 bits per heavy atom. The van der Waals surface area contributed by atoms with Crippen molar-refractivity contribution in [2.24, 2.45) is 5.92 Å². The minimum atomic E-state index is 0.0604. The number of imidazole rings is 1. The summed E-state index contributed by atoms with van der Waals surface area (Å²) in [7, 11) is 0. The van der Waals surface area contributed by atoms with Crippen molar-refractivity contribution < 1.29 is 4.79 Å². The highest BCUT2D eigenvalue weighted by molar-refractivity contribution is 5.75. The summed E-state index contributed by atoms with van der Waals surface area (Å²) in [6.07, 6.45) is 3.60. The number of nitrogens with one attached hydrogen (secondary N) is 2. The van der Waals surface area contributed by atoms with E-state index in [2.05, 4.69) is 29.5 Å². The van der Waals surface area contributed by atoms with E-state index in [0.717, 1.165) is 25.3 Å². The number of aromatic nitrogens is 2. The van der Waals surface area contributed by atoms with E-state index in [1.165, 1.54) is 0 Å². The molecular formula is C12H20N4O. The van der Waals surface area contributed by atoms with E-state index in [4.69, 9.17) is 0 Å².